The van der Waals surface area contributed by atoms with Crippen LogP contribution in [0.15, 0.2) is 24.3 Å². The molecule has 14 heavy (non-hydrogen) atoms. The van der Waals surface area contributed by atoms with Gasteiger partial charge in [0.25, 0.3) is 0 Å². The van der Waals surface area contributed by atoms with Crippen LogP contribution in [-0.2, 0) is 4.79 Å². The second-order valence-corrected chi connectivity index (χ2v) is 3.45. The van der Waals surface area contributed by atoms with Gasteiger partial charge < -0.3 is 10.2 Å². The van der Waals surface area contributed by atoms with Gasteiger partial charge in [0.2, 0.25) is 5.91 Å². The lowest BCUT2D eigenvalue weighted by Gasteiger charge is -2.16. The van der Waals surface area contributed by atoms with Crippen molar-refractivity contribution in [1.82, 2.24) is 0 Å². The lowest BCUT2D eigenvalue weighted by molar-refractivity contribution is -0.117. The van der Waals surface area contributed by atoms with Crippen LogP contribution in [0.1, 0.15) is 12.8 Å². The molecule has 0 aliphatic carbocycles. The molecule has 3 nitrogen and oxygen atoms in total. The van der Waals surface area contributed by atoms with Crippen molar-refractivity contribution in [2.24, 2.45) is 0 Å². The smallest absolute Gasteiger partial charge is 0.227 e. The molecule has 0 unspecified atom stereocenters. The molecule has 0 bridgehead atoms. The quantitative estimate of drug-likeness (QED) is 0.772. The van der Waals surface area contributed by atoms with Gasteiger partial charge in [-0.05, 0) is 24.6 Å². The average Bonchev–Trinajstić information content (AvgIpc) is 2.65. The molecular formula is C11H14N2O. The van der Waals surface area contributed by atoms with Crippen molar-refractivity contribution in [3.05, 3.63) is 24.3 Å². The van der Waals surface area contributed by atoms with Crippen molar-refractivity contribution in [2.75, 3.05) is 23.8 Å². The van der Waals surface area contributed by atoms with Gasteiger partial charge in [-0.25, -0.2) is 0 Å². The molecule has 1 N–H and O–H groups in total. The molecule has 1 amide bonds. The second kappa shape index (κ2) is 3.70. The van der Waals surface area contributed by atoms with Gasteiger partial charge in [-0.1, -0.05) is 6.07 Å². The van der Waals surface area contributed by atoms with Crippen LogP contribution < -0.4 is 10.2 Å². The number of amides is 1. The Morgan fingerprint density at radius 3 is 2.93 bits per heavy atom. The molecule has 74 valence electrons. The van der Waals surface area contributed by atoms with Crippen molar-refractivity contribution in [3.8, 4) is 0 Å². The molecule has 2 rings (SSSR count). The van der Waals surface area contributed by atoms with Crippen LogP contribution in [0.4, 0.5) is 11.4 Å². The number of nitrogens with one attached hydrogen (secondary N) is 1. The number of rotatable bonds is 2. The van der Waals surface area contributed by atoms with Crippen LogP contribution in [0.3, 0.4) is 0 Å². The first-order chi connectivity index (χ1) is 6.81. The molecule has 0 saturated carbocycles. The minimum Gasteiger partial charge on any atom is -0.388 e. The Hall–Kier alpha value is -1.51. The molecule has 0 aromatic heterocycles. The predicted octanol–water partition coefficient (Wildman–Crippen LogP) is 1.86. The van der Waals surface area contributed by atoms with Gasteiger partial charge in [0.1, 0.15) is 0 Å². The minimum atomic E-state index is 0.234. The van der Waals surface area contributed by atoms with E-state index in [1.807, 2.05) is 36.2 Å². The lowest BCUT2D eigenvalue weighted by atomic mass is 10.2. The number of carbonyl (C=O) groups excluding carboxylic acids is 1. The van der Waals surface area contributed by atoms with Gasteiger partial charge >= 0.3 is 0 Å². The van der Waals surface area contributed by atoms with E-state index in [1.165, 1.54) is 0 Å². The van der Waals surface area contributed by atoms with E-state index in [0.29, 0.717) is 6.42 Å². The van der Waals surface area contributed by atoms with Gasteiger partial charge in [-0.15, -0.1) is 0 Å². The molecule has 1 aliphatic rings. The summed E-state index contributed by atoms with van der Waals surface area (Å²) in [6.45, 7) is 0.853. The number of hydrogen-bond acceptors (Lipinski definition) is 2. The van der Waals surface area contributed by atoms with Crippen LogP contribution in [0.5, 0.6) is 0 Å². The highest BCUT2D eigenvalue weighted by atomic mass is 16.2. The highest BCUT2D eigenvalue weighted by molar-refractivity contribution is 5.95. The Morgan fingerprint density at radius 2 is 2.29 bits per heavy atom. The Labute approximate surface area is 83.7 Å². The molecule has 3 heteroatoms. The SMILES string of the molecule is CNc1cccc(N2CCCC2=O)c1. The maximum absolute atomic E-state index is 11.5. The van der Waals surface area contributed by atoms with E-state index < -0.39 is 0 Å². The summed E-state index contributed by atoms with van der Waals surface area (Å²) in [4.78, 5) is 13.3. The van der Waals surface area contributed by atoms with E-state index >= 15 is 0 Å². The Bertz CT molecular complexity index is 349. The van der Waals surface area contributed by atoms with Crippen LogP contribution in [0.25, 0.3) is 0 Å². The molecule has 1 aromatic carbocycles. The summed E-state index contributed by atoms with van der Waals surface area (Å²) < 4.78 is 0. The molecule has 1 heterocycles. The third kappa shape index (κ3) is 1.58. The first-order valence-corrected chi connectivity index (χ1v) is 4.89. The fraction of sp³-hybridized carbons (Fsp3) is 0.364. The first-order valence-electron chi connectivity index (χ1n) is 4.89. The molecule has 0 radical (unpaired) electrons. The second-order valence-electron chi connectivity index (χ2n) is 3.45. The summed E-state index contributed by atoms with van der Waals surface area (Å²) in [5.74, 6) is 0.234. The van der Waals surface area contributed by atoms with E-state index in [4.69, 9.17) is 0 Å². The summed E-state index contributed by atoms with van der Waals surface area (Å²) >= 11 is 0. The van der Waals surface area contributed by atoms with E-state index in [2.05, 4.69) is 5.32 Å². The number of carbonyl (C=O) groups is 1. The third-order valence-corrected chi connectivity index (χ3v) is 2.52. The van der Waals surface area contributed by atoms with Crippen molar-refractivity contribution < 1.29 is 4.79 Å². The molecular weight excluding hydrogens is 176 g/mol. The number of benzene rings is 1. The zero-order chi connectivity index (χ0) is 9.97. The monoisotopic (exact) mass is 190 g/mol. The van der Waals surface area contributed by atoms with Crippen LogP contribution in [0, 0.1) is 0 Å². The molecule has 1 saturated heterocycles. The molecule has 0 atom stereocenters. The van der Waals surface area contributed by atoms with E-state index in [0.717, 1.165) is 24.3 Å². The number of anilines is 2. The minimum absolute atomic E-state index is 0.234. The van der Waals surface area contributed by atoms with E-state index in [9.17, 15) is 4.79 Å². The number of hydrogen-bond donors (Lipinski definition) is 1. The molecule has 1 aromatic rings. The summed E-state index contributed by atoms with van der Waals surface area (Å²) in [6.07, 6.45) is 1.66. The maximum atomic E-state index is 11.5. The lowest BCUT2D eigenvalue weighted by Crippen LogP contribution is -2.23. The van der Waals surface area contributed by atoms with Crippen LogP contribution >= 0.6 is 0 Å². The van der Waals surface area contributed by atoms with Crippen molar-refractivity contribution in [3.63, 3.8) is 0 Å². The maximum Gasteiger partial charge on any atom is 0.227 e. The first kappa shape index (κ1) is 9.06. The topological polar surface area (TPSA) is 32.3 Å². The summed E-state index contributed by atoms with van der Waals surface area (Å²) in [7, 11) is 1.88. The molecule has 0 spiro atoms. The molecule has 1 aliphatic heterocycles. The fourth-order valence-corrected chi connectivity index (χ4v) is 1.75. The predicted molar refractivity (Wildman–Crippen MR) is 57.6 cm³/mol. The van der Waals surface area contributed by atoms with Crippen molar-refractivity contribution in [1.29, 1.82) is 0 Å². The van der Waals surface area contributed by atoms with Crippen LogP contribution in [0.2, 0.25) is 0 Å². The highest BCUT2D eigenvalue weighted by Gasteiger charge is 2.21. The van der Waals surface area contributed by atoms with Crippen molar-refractivity contribution >= 4 is 17.3 Å². The number of nitrogens with zero attached hydrogens (tertiary/aromatic N) is 1. The van der Waals surface area contributed by atoms with Crippen LogP contribution in [-0.4, -0.2) is 19.5 Å². The summed E-state index contributed by atoms with van der Waals surface area (Å²) in [5.41, 5.74) is 2.04. The van der Waals surface area contributed by atoms with Gasteiger partial charge in [0.15, 0.2) is 0 Å². The largest absolute Gasteiger partial charge is 0.388 e. The van der Waals surface area contributed by atoms with E-state index in [1.54, 1.807) is 0 Å². The Balaban J connectivity index is 2.26. The van der Waals surface area contributed by atoms with Gasteiger partial charge in [0.05, 0.1) is 0 Å². The average molecular weight is 190 g/mol. The normalized spacial score (nSPS) is 16.1. The zero-order valence-corrected chi connectivity index (χ0v) is 8.29. The van der Waals surface area contributed by atoms with Crippen molar-refractivity contribution in [2.45, 2.75) is 12.8 Å². The zero-order valence-electron chi connectivity index (χ0n) is 8.29. The molecule has 1 fully saturated rings. The third-order valence-electron chi connectivity index (χ3n) is 2.52. The fourth-order valence-electron chi connectivity index (χ4n) is 1.75. The van der Waals surface area contributed by atoms with E-state index in [-0.39, 0.29) is 5.91 Å². The Kier molecular flexibility index (Phi) is 2.39. The Morgan fingerprint density at radius 1 is 1.43 bits per heavy atom. The summed E-state index contributed by atoms with van der Waals surface area (Å²) in [5, 5.41) is 3.07. The van der Waals surface area contributed by atoms with Gasteiger partial charge in [-0.2, -0.15) is 0 Å². The standard InChI is InChI=1S/C11H14N2O/c1-12-9-4-2-5-10(8-9)13-7-3-6-11(13)14/h2,4-5,8,12H,3,6-7H2,1H3. The van der Waals surface area contributed by atoms with Gasteiger partial charge in [0, 0.05) is 31.4 Å². The highest BCUT2D eigenvalue weighted by Crippen LogP contribution is 2.23. The van der Waals surface area contributed by atoms with Gasteiger partial charge in [-0.3, -0.25) is 4.79 Å². The summed E-state index contributed by atoms with van der Waals surface area (Å²) in [6, 6.07) is 7.93.